The standard InChI is InChI=1S/C29H27N3O7S/c1-17-9-11-20(12-10-17)25-23-7-5-6-8-24(23)28(35)32(4)26(25)29(36)39-18(2)27(34)30-21-13-15-22(16-14-21)40(37,38)31-19(3)33/h5-16,18H,1-4H3,(H,30,34)(H,31,33). The van der Waals surface area contributed by atoms with Crippen molar-refractivity contribution in [3.8, 4) is 11.1 Å². The van der Waals surface area contributed by atoms with Crippen LogP contribution in [0, 0.1) is 6.92 Å². The van der Waals surface area contributed by atoms with E-state index in [0.717, 1.165) is 12.5 Å². The molecule has 2 N–H and O–H groups in total. The van der Waals surface area contributed by atoms with Gasteiger partial charge in [0.25, 0.3) is 21.5 Å². The van der Waals surface area contributed by atoms with Crippen LogP contribution in [0.25, 0.3) is 21.9 Å². The van der Waals surface area contributed by atoms with Gasteiger partial charge in [0.1, 0.15) is 5.69 Å². The SMILES string of the molecule is CC(=O)NS(=O)(=O)c1ccc(NC(=O)C(C)OC(=O)c2c(-c3ccc(C)cc3)c3ccccc3c(=O)n2C)cc1. The van der Waals surface area contributed by atoms with Gasteiger partial charge in [-0.3, -0.25) is 14.4 Å². The molecule has 206 valence electrons. The Balaban J connectivity index is 1.61. The first-order chi connectivity index (χ1) is 18.9. The lowest BCUT2D eigenvalue weighted by Gasteiger charge is -2.19. The number of carbonyl (C=O) groups excluding carboxylic acids is 3. The monoisotopic (exact) mass is 561 g/mol. The van der Waals surface area contributed by atoms with Crippen LogP contribution in [-0.4, -0.2) is 36.9 Å². The number of nitrogens with one attached hydrogen (secondary N) is 2. The first kappa shape index (κ1) is 28.2. The number of ether oxygens (including phenoxy) is 1. The quantitative estimate of drug-likeness (QED) is 0.329. The van der Waals surface area contributed by atoms with Gasteiger partial charge in [-0.15, -0.1) is 0 Å². The summed E-state index contributed by atoms with van der Waals surface area (Å²) in [5, 5.41) is 3.57. The van der Waals surface area contributed by atoms with Crippen LogP contribution < -0.4 is 15.6 Å². The molecule has 0 aliphatic carbocycles. The van der Waals surface area contributed by atoms with E-state index in [1.165, 1.54) is 42.8 Å². The number of rotatable bonds is 7. The van der Waals surface area contributed by atoms with E-state index >= 15 is 0 Å². The molecule has 1 aromatic heterocycles. The fourth-order valence-corrected chi connectivity index (χ4v) is 5.19. The number of pyridine rings is 1. The summed E-state index contributed by atoms with van der Waals surface area (Å²) in [6, 6.07) is 19.6. The fraction of sp³-hybridized carbons (Fsp3) is 0.172. The van der Waals surface area contributed by atoms with E-state index in [2.05, 4.69) is 5.32 Å². The average Bonchev–Trinajstić information content (AvgIpc) is 2.90. The molecule has 1 unspecified atom stereocenters. The van der Waals surface area contributed by atoms with Crippen molar-refractivity contribution < 1.29 is 27.5 Å². The molecule has 0 bridgehead atoms. The molecule has 0 radical (unpaired) electrons. The Morgan fingerprint density at radius 3 is 2.10 bits per heavy atom. The van der Waals surface area contributed by atoms with Gasteiger partial charge in [0, 0.05) is 30.6 Å². The summed E-state index contributed by atoms with van der Waals surface area (Å²) >= 11 is 0. The molecule has 1 atom stereocenters. The molecule has 1 heterocycles. The first-order valence-electron chi connectivity index (χ1n) is 12.2. The second-order valence-corrected chi connectivity index (χ2v) is 10.9. The van der Waals surface area contributed by atoms with Crippen LogP contribution in [0.15, 0.2) is 82.5 Å². The van der Waals surface area contributed by atoms with Gasteiger partial charge in [-0.1, -0.05) is 48.0 Å². The molecule has 4 aromatic rings. The van der Waals surface area contributed by atoms with E-state index in [-0.39, 0.29) is 21.8 Å². The van der Waals surface area contributed by atoms with Gasteiger partial charge in [-0.2, -0.15) is 0 Å². The van der Waals surface area contributed by atoms with Crippen molar-refractivity contribution >= 4 is 44.3 Å². The van der Waals surface area contributed by atoms with E-state index in [4.69, 9.17) is 4.74 Å². The van der Waals surface area contributed by atoms with E-state index in [1.54, 1.807) is 24.3 Å². The van der Waals surface area contributed by atoms with Gasteiger partial charge in [-0.25, -0.2) is 17.9 Å². The Morgan fingerprint density at radius 2 is 1.50 bits per heavy atom. The zero-order valence-electron chi connectivity index (χ0n) is 22.2. The molecule has 0 fully saturated rings. The Kier molecular flexibility index (Phi) is 7.87. The summed E-state index contributed by atoms with van der Waals surface area (Å²) in [6.45, 7) is 4.40. The van der Waals surface area contributed by atoms with Crippen LogP contribution >= 0.6 is 0 Å². The number of benzene rings is 3. The minimum atomic E-state index is -4.03. The third-order valence-corrected chi connectivity index (χ3v) is 7.65. The van der Waals surface area contributed by atoms with Gasteiger partial charge in [0.05, 0.1) is 4.90 Å². The summed E-state index contributed by atoms with van der Waals surface area (Å²) in [6.07, 6.45) is -1.26. The maximum atomic E-state index is 13.5. The molecule has 40 heavy (non-hydrogen) atoms. The largest absolute Gasteiger partial charge is 0.448 e. The normalized spacial score (nSPS) is 12.0. The predicted molar refractivity (Wildman–Crippen MR) is 150 cm³/mol. The topological polar surface area (TPSA) is 141 Å². The summed E-state index contributed by atoms with van der Waals surface area (Å²) in [5.74, 6) is -2.27. The molecule has 0 saturated carbocycles. The van der Waals surface area contributed by atoms with E-state index in [1.807, 2.05) is 35.9 Å². The maximum Gasteiger partial charge on any atom is 0.356 e. The minimum Gasteiger partial charge on any atom is -0.448 e. The van der Waals surface area contributed by atoms with Crippen molar-refractivity contribution in [1.29, 1.82) is 0 Å². The molecule has 0 aliphatic rings. The molecule has 4 rings (SSSR count). The fourth-order valence-electron chi connectivity index (χ4n) is 4.20. The predicted octanol–water partition coefficient (Wildman–Crippen LogP) is 3.52. The summed E-state index contributed by atoms with van der Waals surface area (Å²) in [7, 11) is -2.55. The van der Waals surface area contributed by atoms with Crippen LogP contribution in [0.5, 0.6) is 0 Å². The van der Waals surface area contributed by atoms with Crippen LogP contribution in [0.3, 0.4) is 0 Å². The van der Waals surface area contributed by atoms with Crippen LogP contribution in [-0.2, 0) is 31.4 Å². The van der Waals surface area contributed by atoms with Crippen LogP contribution in [0.2, 0.25) is 0 Å². The molecule has 0 spiro atoms. The highest BCUT2D eigenvalue weighted by Crippen LogP contribution is 2.31. The molecule has 11 heteroatoms. The van der Waals surface area contributed by atoms with Crippen LogP contribution in [0.1, 0.15) is 29.9 Å². The summed E-state index contributed by atoms with van der Waals surface area (Å²) < 4.78 is 32.8. The van der Waals surface area contributed by atoms with Gasteiger partial charge in [0.15, 0.2) is 6.10 Å². The van der Waals surface area contributed by atoms with Gasteiger partial charge < -0.3 is 14.6 Å². The Morgan fingerprint density at radius 1 is 0.900 bits per heavy atom. The number of sulfonamides is 1. The third-order valence-electron chi connectivity index (χ3n) is 6.20. The zero-order valence-corrected chi connectivity index (χ0v) is 23.0. The molecule has 0 saturated heterocycles. The van der Waals surface area contributed by atoms with Gasteiger partial charge in [-0.05, 0) is 55.1 Å². The maximum absolute atomic E-state index is 13.5. The first-order valence-corrected chi connectivity index (χ1v) is 13.7. The molecule has 0 aliphatic heterocycles. The smallest absolute Gasteiger partial charge is 0.356 e. The highest BCUT2D eigenvalue weighted by Gasteiger charge is 2.26. The Labute approximate surface area is 230 Å². The van der Waals surface area contributed by atoms with Crippen molar-refractivity contribution in [1.82, 2.24) is 9.29 Å². The average molecular weight is 562 g/mol. The molecule has 10 nitrogen and oxygen atoms in total. The zero-order chi connectivity index (χ0) is 29.2. The number of fused-ring (bicyclic) bond motifs is 1. The van der Waals surface area contributed by atoms with Crippen molar-refractivity contribution in [2.45, 2.75) is 31.8 Å². The highest BCUT2D eigenvalue weighted by molar-refractivity contribution is 7.90. The van der Waals surface area contributed by atoms with E-state index in [0.29, 0.717) is 21.9 Å². The van der Waals surface area contributed by atoms with E-state index < -0.39 is 33.9 Å². The Bertz CT molecular complexity index is 1790. The van der Waals surface area contributed by atoms with Crippen molar-refractivity contribution in [2.75, 3.05) is 5.32 Å². The number of nitrogens with zero attached hydrogens (tertiary/aromatic N) is 1. The van der Waals surface area contributed by atoms with Crippen molar-refractivity contribution in [3.63, 3.8) is 0 Å². The number of aromatic nitrogens is 1. The number of anilines is 1. The summed E-state index contributed by atoms with van der Waals surface area (Å²) in [5.41, 5.74) is 2.09. The van der Waals surface area contributed by atoms with Gasteiger partial charge >= 0.3 is 5.97 Å². The van der Waals surface area contributed by atoms with Crippen LogP contribution in [0.4, 0.5) is 5.69 Å². The number of amides is 2. The molecular weight excluding hydrogens is 534 g/mol. The molecule has 3 aromatic carbocycles. The van der Waals surface area contributed by atoms with Gasteiger partial charge in [0.2, 0.25) is 5.91 Å². The second kappa shape index (κ2) is 11.1. The second-order valence-electron chi connectivity index (χ2n) is 9.22. The number of hydrogen-bond donors (Lipinski definition) is 2. The lowest BCUT2D eigenvalue weighted by Crippen LogP contribution is -2.33. The number of aryl methyl sites for hydroxylation is 1. The molecule has 2 amide bonds. The van der Waals surface area contributed by atoms with Crippen molar-refractivity contribution in [2.24, 2.45) is 7.05 Å². The third kappa shape index (κ3) is 5.79. The highest BCUT2D eigenvalue weighted by atomic mass is 32.2. The number of esters is 1. The van der Waals surface area contributed by atoms with E-state index in [9.17, 15) is 27.6 Å². The summed E-state index contributed by atoms with van der Waals surface area (Å²) in [4.78, 5) is 50.4. The van der Waals surface area contributed by atoms with Crippen molar-refractivity contribution in [3.05, 3.63) is 94.4 Å². The lowest BCUT2D eigenvalue weighted by molar-refractivity contribution is -0.123. The molecular formula is C29H27N3O7S. The minimum absolute atomic E-state index is 0.000246. The number of hydrogen-bond acceptors (Lipinski definition) is 7. The Hall–Kier alpha value is -4.77. The lowest BCUT2D eigenvalue weighted by atomic mass is 9.96. The number of carbonyl (C=O) groups is 3.